The van der Waals surface area contributed by atoms with Gasteiger partial charge in [-0.3, -0.25) is 4.57 Å². The monoisotopic (exact) mass is 391 g/mol. The lowest BCUT2D eigenvalue weighted by Gasteiger charge is -2.20. The third-order valence-corrected chi connectivity index (χ3v) is 5.25. The Balaban J connectivity index is 1.44. The average Bonchev–Trinajstić information content (AvgIpc) is 3.16. The number of para-hydroxylation sites is 1. The van der Waals surface area contributed by atoms with Gasteiger partial charge in [-0.1, -0.05) is 35.9 Å². The molecule has 0 bridgehead atoms. The highest BCUT2D eigenvalue weighted by Crippen LogP contribution is 2.26. The number of fused-ring (bicyclic) bond motifs is 3. The van der Waals surface area contributed by atoms with Crippen molar-refractivity contribution in [3.63, 3.8) is 0 Å². The van der Waals surface area contributed by atoms with Gasteiger partial charge in [-0.25, -0.2) is 4.79 Å². The number of carbonyl (C=O) groups is 1. The number of ether oxygens (including phenoxy) is 1. The molecule has 0 saturated carbocycles. The Morgan fingerprint density at radius 1 is 1.21 bits per heavy atom. The molecule has 0 unspecified atom stereocenters. The maximum absolute atomic E-state index is 12.5. The van der Waals surface area contributed by atoms with Crippen LogP contribution in [0.1, 0.15) is 41.3 Å². The summed E-state index contributed by atoms with van der Waals surface area (Å²) < 4.78 is 7.47. The number of nitrogens with zero attached hydrogens (tertiary/aromatic N) is 3. The quantitative estimate of drug-likeness (QED) is 0.700. The molecule has 7 heteroatoms. The Labute approximate surface area is 170 Å². The maximum atomic E-state index is 12.5. The number of amides is 2. The SMILES string of the molecule is COc1ccc(C)cc1[C@H](C)NC(=O)NCc1nnc2n1-c1ccccc1CC2. The Bertz CT molecular complexity index is 1040. The van der Waals surface area contributed by atoms with E-state index >= 15 is 0 Å². The fourth-order valence-corrected chi connectivity index (χ4v) is 3.77. The highest BCUT2D eigenvalue weighted by Gasteiger charge is 2.21. The molecule has 2 heterocycles. The van der Waals surface area contributed by atoms with E-state index in [1.54, 1.807) is 7.11 Å². The largest absolute Gasteiger partial charge is 0.496 e. The molecule has 3 aromatic rings. The van der Waals surface area contributed by atoms with Gasteiger partial charge in [-0.15, -0.1) is 10.2 Å². The summed E-state index contributed by atoms with van der Waals surface area (Å²) in [5.41, 5.74) is 4.42. The van der Waals surface area contributed by atoms with Crippen molar-refractivity contribution in [2.75, 3.05) is 7.11 Å². The van der Waals surface area contributed by atoms with E-state index in [-0.39, 0.29) is 12.1 Å². The molecule has 1 aliphatic heterocycles. The van der Waals surface area contributed by atoms with Crippen LogP contribution >= 0.6 is 0 Å². The molecule has 1 atom stereocenters. The van der Waals surface area contributed by atoms with Crippen molar-refractivity contribution in [3.8, 4) is 11.4 Å². The van der Waals surface area contributed by atoms with Crippen molar-refractivity contribution in [1.29, 1.82) is 0 Å². The maximum Gasteiger partial charge on any atom is 0.315 e. The molecule has 0 saturated heterocycles. The van der Waals surface area contributed by atoms with Gasteiger partial charge in [0.1, 0.15) is 11.6 Å². The first-order valence-corrected chi connectivity index (χ1v) is 9.77. The summed E-state index contributed by atoms with van der Waals surface area (Å²) in [4.78, 5) is 12.5. The van der Waals surface area contributed by atoms with Gasteiger partial charge in [0.2, 0.25) is 0 Å². The fourth-order valence-electron chi connectivity index (χ4n) is 3.77. The Hall–Kier alpha value is -3.35. The summed E-state index contributed by atoms with van der Waals surface area (Å²) in [5, 5.41) is 14.5. The van der Waals surface area contributed by atoms with Crippen LogP contribution in [0.3, 0.4) is 0 Å². The van der Waals surface area contributed by atoms with Crippen molar-refractivity contribution < 1.29 is 9.53 Å². The zero-order valence-corrected chi connectivity index (χ0v) is 16.9. The van der Waals surface area contributed by atoms with Crippen LogP contribution in [0.25, 0.3) is 5.69 Å². The predicted molar refractivity (Wildman–Crippen MR) is 110 cm³/mol. The number of methoxy groups -OCH3 is 1. The summed E-state index contributed by atoms with van der Waals surface area (Å²) in [6.45, 7) is 4.25. The lowest BCUT2D eigenvalue weighted by Crippen LogP contribution is -2.37. The van der Waals surface area contributed by atoms with Crippen LogP contribution < -0.4 is 15.4 Å². The standard InChI is InChI=1S/C22H25N5O2/c1-14-8-10-19(29-3)17(12-14)15(2)24-22(28)23-13-21-26-25-20-11-9-16-6-4-5-7-18(16)27(20)21/h4-8,10,12,15H,9,11,13H2,1-3H3,(H2,23,24,28)/t15-/m0/s1. The molecule has 150 valence electrons. The van der Waals surface area contributed by atoms with Gasteiger partial charge in [-0.2, -0.15) is 0 Å². The molecule has 2 N–H and O–H groups in total. The molecule has 4 rings (SSSR count). The number of rotatable bonds is 5. The number of hydrogen-bond donors (Lipinski definition) is 2. The van der Waals surface area contributed by atoms with Crippen LogP contribution in [-0.2, 0) is 19.4 Å². The summed E-state index contributed by atoms with van der Waals surface area (Å²) in [6, 6.07) is 13.7. The second-order valence-electron chi connectivity index (χ2n) is 7.29. The Morgan fingerprint density at radius 3 is 2.86 bits per heavy atom. The molecule has 0 aliphatic carbocycles. The van der Waals surface area contributed by atoms with Gasteiger partial charge in [0.25, 0.3) is 0 Å². The van der Waals surface area contributed by atoms with Crippen LogP contribution in [0.2, 0.25) is 0 Å². The molecule has 0 radical (unpaired) electrons. The van der Waals surface area contributed by atoms with Crippen molar-refractivity contribution >= 4 is 6.03 Å². The van der Waals surface area contributed by atoms with Crippen molar-refractivity contribution in [3.05, 3.63) is 70.8 Å². The van der Waals surface area contributed by atoms with Gasteiger partial charge >= 0.3 is 6.03 Å². The van der Waals surface area contributed by atoms with Crippen LogP contribution in [0, 0.1) is 6.92 Å². The van der Waals surface area contributed by atoms with Gasteiger partial charge in [-0.05, 0) is 38.0 Å². The zero-order chi connectivity index (χ0) is 20.4. The second-order valence-corrected chi connectivity index (χ2v) is 7.29. The topological polar surface area (TPSA) is 81.1 Å². The third-order valence-electron chi connectivity index (χ3n) is 5.25. The first-order valence-electron chi connectivity index (χ1n) is 9.77. The number of urea groups is 1. The van der Waals surface area contributed by atoms with E-state index in [0.717, 1.165) is 47.1 Å². The predicted octanol–water partition coefficient (Wildman–Crippen LogP) is 3.24. The van der Waals surface area contributed by atoms with Crippen molar-refractivity contribution in [2.45, 2.75) is 39.3 Å². The first-order chi connectivity index (χ1) is 14.1. The smallest absolute Gasteiger partial charge is 0.315 e. The van der Waals surface area contributed by atoms with E-state index in [1.807, 2.05) is 48.7 Å². The van der Waals surface area contributed by atoms with Gasteiger partial charge in [0.05, 0.1) is 25.4 Å². The van der Waals surface area contributed by atoms with E-state index in [9.17, 15) is 4.79 Å². The zero-order valence-electron chi connectivity index (χ0n) is 16.9. The van der Waals surface area contributed by atoms with Gasteiger partial charge < -0.3 is 15.4 Å². The highest BCUT2D eigenvalue weighted by atomic mass is 16.5. The Kier molecular flexibility index (Phi) is 5.20. The molecule has 0 fully saturated rings. The van der Waals surface area contributed by atoms with E-state index in [4.69, 9.17) is 4.74 Å². The molecule has 2 aromatic carbocycles. The second kappa shape index (κ2) is 7.95. The minimum absolute atomic E-state index is 0.196. The van der Waals surface area contributed by atoms with E-state index in [0.29, 0.717) is 6.54 Å². The molecule has 0 spiro atoms. The summed E-state index contributed by atoms with van der Waals surface area (Å²) >= 11 is 0. The Morgan fingerprint density at radius 2 is 2.03 bits per heavy atom. The summed E-state index contributed by atoms with van der Waals surface area (Å²) in [7, 11) is 1.63. The normalized spacial score (nSPS) is 13.2. The molecule has 1 aromatic heterocycles. The van der Waals surface area contributed by atoms with Gasteiger partial charge in [0, 0.05) is 12.0 Å². The molecule has 7 nitrogen and oxygen atoms in total. The third kappa shape index (κ3) is 3.81. The molecule has 1 aliphatic rings. The molecule has 2 amide bonds. The molecular formula is C22H25N5O2. The minimum Gasteiger partial charge on any atom is -0.496 e. The van der Waals surface area contributed by atoms with Crippen LogP contribution in [0.5, 0.6) is 5.75 Å². The van der Waals surface area contributed by atoms with E-state index in [1.165, 1.54) is 5.56 Å². The lowest BCUT2D eigenvalue weighted by atomic mass is 10.0. The van der Waals surface area contributed by atoms with Crippen LogP contribution in [-0.4, -0.2) is 27.9 Å². The number of carbonyl (C=O) groups excluding carboxylic acids is 1. The average molecular weight is 391 g/mol. The number of hydrogen-bond acceptors (Lipinski definition) is 4. The number of aryl methyl sites for hydroxylation is 3. The number of aromatic nitrogens is 3. The van der Waals surface area contributed by atoms with E-state index in [2.05, 4.69) is 33.0 Å². The van der Waals surface area contributed by atoms with Crippen molar-refractivity contribution in [1.82, 2.24) is 25.4 Å². The fraction of sp³-hybridized carbons (Fsp3) is 0.318. The molecule has 29 heavy (non-hydrogen) atoms. The number of benzene rings is 2. The van der Waals surface area contributed by atoms with Crippen LogP contribution in [0.15, 0.2) is 42.5 Å². The molecular weight excluding hydrogens is 366 g/mol. The minimum atomic E-state index is -0.262. The summed E-state index contributed by atoms with van der Waals surface area (Å²) in [6.07, 6.45) is 1.80. The lowest BCUT2D eigenvalue weighted by molar-refractivity contribution is 0.237. The van der Waals surface area contributed by atoms with E-state index < -0.39 is 0 Å². The number of nitrogens with one attached hydrogen (secondary N) is 2. The van der Waals surface area contributed by atoms with Crippen LogP contribution in [0.4, 0.5) is 4.79 Å². The van der Waals surface area contributed by atoms with Gasteiger partial charge in [0.15, 0.2) is 5.82 Å². The summed E-state index contributed by atoms with van der Waals surface area (Å²) in [5.74, 6) is 2.41. The highest BCUT2D eigenvalue weighted by molar-refractivity contribution is 5.74. The first kappa shape index (κ1) is 19.0. The van der Waals surface area contributed by atoms with Crippen molar-refractivity contribution in [2.24, 2.45) is 0 Å².